The number of hydrogen-bond donors (Lipinski definition) is 0. The molecular formula is C23H28N2O3S. The lowest BCUT2D eigenvalue weighted by molar-refractivity contribution is 0.0735. The van der Waals surface area contributed by atoms with Crippen molar-refractivity contribution >= 4 is 15.9 Å². The SMILES string of the molecule is Cc1ccc(C2CCCN2C(=O)c2ccc(S(=O)(=O)N3CCCC3)cc2)cc1C. The van der Waals surface area contributed by atoms with E-state index in [0.717, 1.165) is 32.2 Å². The lowest BCUT2D eigenvalue weighted by Crippen LogP contribution is -2.31. The Hall–Kier alpha value is -2.18. The molecule has 0 saturated carbocycles. The molecule has 1 amide bonds. The van der Waals surface area contributed by atoms with E-state index < -0.39 is 10.0 Å². The highest BCUT2D eigenvalue weighted by Gasteiger charge is 2.31. The summed E-state index contributed by atoms with van der Waals surface area (Å²) in [5.41, 5.74) is 4.20. The largest absolute Gasteiger partial charge is 0.332 e. The van der Waals surface area contributed by atoms with E-state index in [1.807, 2.05) is 4.90 Å². The number of rotatable bonds is 4. The van der Waals surface area contributed by atoms with E-state index >= 15 is 0 Å². The lowest BCUT2D eigenvalue weighted by Gasteiger charge is -2.26. The van der Waals surface area contributed by atoms with Crippen molar-refractivity contribution in [1.82, 2.24) is 9.21 Å². The number of aryl methyl sites for hydroxylation is 2. The zero-order valence-electron chi connectivity index (χ0n) is 17.1. The highest BCUT2D eigenvalue weighted by Crippen LogP contribution is 2.34. The Morgan fingerprint density at radius 2 is 1.59 bits per heavy atom. The summed E-state index contributed by atoms with van der Waals surface area (Å²) >= 11 is 0. The predicted molar refractivity (Wildman–Crippen MR) is 113 cm³/mol. The van der Waals surface area contributed by atoms with Gasteiger partial charge in [-0.3, -0.25) is 4.79 Å². The summed E-state index contributed by atoms with van der Waals surface area (Å²) in [6.07, 6.45) is 3.75. The van der Waals surface area contributed by atoms with E-state index in [1.54, 1.807) is 24.3 Å². The van der Waals surface area contributed by atoms with Crippen LogP contribution in [-0.4, -0.2) is 43.2 Å². The average molecular weight is 413 g/mol. The highest BCUT2D eigenvalue weighted by atomic mass is 32.2. The molecule has 0 spiro atoms. The summed E-state index contributed by atoms with van der Waals surface area (Å²) in [5.74, 6) is -0.0316. The summed E-state index contributed by atoms with van der Waals surface area (Å²) in [5, 5.41) is 0. The second-order valence-electron chi connectivity index (χ2n) is 8.14. The molecule has 0 aliphatic carbocycles. The van der Waals surface area contributed by atoms with E-state index in [9.17, 15) is 13.2 Å². The quantitative estimate of drug-likeness (QED) is 0.761. The van der Waals surface area contributed by atoms with Crippen LogP contribution in [0.4, 0.5) is 0 Å². The average Bonchev–Trinajstić information content (AvgIpc) is 3.42. The second kappa shape index (κ2) is 7.92. The monoisotopic (exact) mass is 412 g/mol. The van der Waals surface area contributed by atoms with Gasteiger partial charge in [-0.1, -0.05) is 18.2 Å². The number of hydrogen-bond acceptors (Lipinski definition) is 3. The molecule has 5 nitrogen and oxygen atoms in total. The molecule has 1 atom stereocenters. The third-order valence-corrected chi connectivity index (χ3v) is 8.15. The Morgan fingerprint density at radius 3 is 2.24 bits per heavy atom. The molecule has 2 aliphatic heterocycles. The van der Waals surface area contributed by atoms with Gasteiger partial charge in [0, 0.05) is 25.2 Å². The molecule has 0 aromatic heterocycles. The predicted octanol–water partition coefficient (Wildman–Crippen LogP) is 4.07. The molecule has 4 rings (SSSR count). The summed E-state index contributed by atoms with van der Waals surface area (Å²) in [7, 11) is -3.45. The third-order valence-electron chi connectivity index (χ3n) is 6.23. The van der Waals surface area contributed by atoms with Crippen LogP contribution in [0.2, 0.25) is 0 Å². The number of likely N-dealkylation sites (tertiary alicyclic amines) is 1. The fraction of sp³-hybridized carbons (Fsp3) is 0.435. The second-order valence-corrected chi connectivity index (χ2v) is 10.1. The van der Waals surface area contributed by atoms with Crippen molar-refractivity contribution in [3.8, 4) is 0 Å². The number of carbonyl (C=O) groups is 1. The fourth-order valence-corrected chi connectivity index (χ4v) is 5.86. The van der Waals surface area contributed by atoms with Crippen LogP contribution >= 0.6 is 0 Å². The molecule has 2 aromatic carbocycles. The molecule has 6 heteroatoms. The highest BCUT2D eigenvalue weighted by molar-refractivity contribution is 7.89. The van der Waals surface area contributed by atoms with Gasteiger partial charge in [-0.2, -0.15) is 4.31 Å². The van der Waals surface area contributed by atoms with Crippen molar-refractivity contribution in [2.45, 2.75) is 50.5 Å². The molecule has 2 aliphatic rings. The van der Waals surface area contributed by atoms with Crippen LogP contribution in [-0.2, 0) is 10.0 Å². The van der Waals surface area contributed by atoms with Gasteiger partial charge < -0.3 is 4.90 Å². The number of amides is 1. The first-order chi connectivity index (χ1) is 13.9. The molecule has 2 heterocycles. The standard InChI is InChI=1S/C23H28N2O3S/c1-17-7-8-20(16-18(17)2)22-6-5-15-25(22)23(26)19-9-11-21(12-10-19)29(27,28)24-13-3-4-14-24/h7-12,16,22H,3-6,13-15H2,1-2H3. The van der Waals surface area contributed by atoms with Crippen molar-refractivity contribution in [3.63, 3.8) is 0 Å². The Kier molecular flexibility index (Phi) is 5.49. The van der Waals surface area contributed by atoms with Crippen LogP contribution in [0.5, 0.6) is 0 Å². The Labute approximate surface area is 173 Å². The topological polar surface area (TPSA) is 57.7 Å². The molecule has 1 unspecified atom stereocenters. The number of nitrogens with zero attached hydrogens (tertiary/aromatic N) is 2. The van der Waals surface area contributed by atoms with Gasteiger partial charge in [0.25, 0.3) is 5.91 Å². The van der Waals surface area contributed by atoms with Gasteiger partial charge in [-0.25, -0.2) is 8.42 Å². The maximum absolute atomic E-state index is 13.2. The Bertz CT molecular complexity index is 1010. The van der Waals surface area contributed by atoms with Gasteiger partial charge in [-0.05, 0) is 80.5 Å². The minimum Gasteiger partial charge on any atom is -0.332 e. The fourth-order valence-electron chi connectivity index (χ4n) is 4.34. The van der Waals surface area contributed by atoms with Crippen molar-refractivity contribution in [1.29, 1.82) is 0 Å². The molecule has 2 aromatic rings. The van der Waals surface area contributed by atoms with Gasteiger partial charge >= 0.3 is 0 Å². The minimum absolute atomic E-state index is 0.0316. The van der Waals surface area contributed by atoms with E-state index in [-0.39, 0.29) is 16.8 Å². The molecule has 0 N–H and O–H groups in total. The zero-order valence-corrected chi connectivity index (χ0v) is 17.9. The Morgan fingerprint density at radius 1 is 0.897 bits per heavy atom. The third kappa shape index (κ3) is 3.83. The zero-order chi connectivity index (χ0) is 20.6. The molecule has 2 fully saturated rings. The van der Waals surface area contributed by atoms with Crippen molar-refractivity contribution in [3.05, 3.63) is 64.7 Å². The van der Waals surface area contributed by atoms with E-state index in [4.69, 9.17) is 0 Å². The van der Waals surface area contributed by atoms with Crippen LogP contribution in [0.3, 0.4) is 0 Å². The molecule has 154 valence electrons. The summed E-state index contributed by atoms with van der Waals surface area (Å²) in [4.78, 5) is 15.4. The van der Waals surface area contributed by atoms with Crippen LogP contribution in [0.15, 0.2) is 47.4 Å². The van der Waals surface area contributed by atoms with E-state index in [0.29, 0.717) is 18.7 Å². The lowest BCUT2D eigenvalue weighted by atomic mass is 9.99. The first-order valence-electron chi connectivity index (χ1n) is 10.4. The van der Waals surface area contributed by atoms with Gasteiger partial charge in [-0.15, -0.1) is 0 Å². The number of carbonyl (C=O) groups excluding carboxylic acids is 1. The minimum atomic E-state index is -3.45. The van der Waals surface area contributed by atoms with Crippen molar-refractivity contribution in [2.24, 2.45) is 0 Å². The van der Waals surface area contributed by atoms with Crippen LogP contribution < -0.4 is 0 Å². The molecule has 0 radical (unpaired) electrons. The van der Waals surface area contributed by atoms with Crippen LogP contribution in [0.25, 0.3) is 0 Å². The Balaban J connectivity index is 1.55. The summed E-state index contributed by atoms with van der Waals surface area (Å²) in [6.45, 7) is 6.07. The first kappa shape index (κ1) is 20.1. The van der Waals surface area contributed by atoms with Gasteiger partial charge in [0.1, 0.15) is 0 Å². The van der Waals surface area contributed by atoms with Gasteiger partial charge in [0.15, 0.2) is 0 Å². The first-order valence-corrected chi connectivity index (χ1v) is 11.8. The number of sulfonamides is 1. The van der Waals surface area contributed by atoms with E-state index in [1.165, 1.54) is 21.0 Å². The summed E-state index contributed by atoms with van der Waals surface area (Å²) < 4.78 is 26.9. The normalized spacial score (nSPS) is 20.3. The molecule has 2 saturated heterocycles. The maximum Gasteiger partial charge on any atom is 0.254 e. The smallest absolute Gasteiger partial charge is 0.254 e. The van der Waals surface area contributed by atoms with Crippen LogP contribution in [0, 0.1) is 13.8 Å². The maximum atomic E-state index is 13.2. The van der Waals surface area contributed by atoms with Crippen molar-refractivity contribution < 1.29 is 13.2 Å². The molecule has 29 heavy (non-hydrogen) atoms. The van der Waals surface area contributed by atoms with Crippen molar-refractivity contribution in [2.75, 3.05) is 19.6 Å². The van der Waals surface area contributed by atoms with Gasteiger partial charge in [0.05, 0.1) is 10.9 Å². The number of benzene rings is 2. The van der Waals surface area contributed by atoms with Gasteiger partial charge in [0.2, 0.25) is 10.0 Å². The molecular weight excluding hydrogens is 384 g/mol. The molecule has 0 bridgehead atoms. The van der Waals surface area contributed by atoms with E-state index in [2.05, 4.69) is 32.0 Å². The van der Waals surface area contributed by atoms with Crippen LogP contribution in [0.1, 0.15) is 58.8 Å². The summed E-state index contributed by atoms with van der Waals surface area (Å²) in [6, 6.07) is 12.9.